The number of allylic oxidation sites excluding steroid dienone is 1. The molecule has 2 heterocycles. The molecule has 0 aliphatic carbocycles. The Morgan fingerprint density at radius 2 is 1.92 bits per heavy atom. The van der Waals surface area contributed by atoms with Crippen molar-refractivity contribution in [3.8, 4) is 0 Å². The first kappa shape index (κ1) is 16.2. The average molecular weight is 348 g/mol. The van der Waals surface area contributed by atoms with Gasteiger partial charge in [0.15, 0.2) is 5.92 Å². The summed E-state index contributed by atoms with van der Waals surface area (Å²) in [5.41, 5.74) is 0.920. The van der Waals surface area contributed by atoms with Crippen molar-refractivity contribution >= 4 is 34.8 Å². The highest BCUT2D eigenvalue weighted by Crippen LogP contribution is 2.27. The van der Waals surface area contributed by atoms with E-state index in [4.69, 9.17) is 4.74 Å². The van der Waals surface area contributed by atoms with Crippen molar-refractivity contribution in [1.29, 1.82) is 0 Å². The molecule has 0 spiro atoms. The van der Waals surface area contributed by atoms with Gasteiger partial charge >= 0.3 is 11.9 Å². The molecule has 0 aromatic heterocycles. The lowest BCUT2D eigenvalue weighted by Gasteiger charge is -2.28. The van der Waals surface area contributed by atoms with E-state index in [0.717, 1.165) is 16.3 Å². The lowest BCUT2D eigenvalue weighted by Crippen LogP contribution is -2.54. The number of urea groups is 1. The number of imide groups is 1. The maximum atomic E-state index is 13.1. The number of methoxy groups -OCH3 is 1. The first-order valence-corrected chi connectivity index (χ1v) is 8.32. The van der Waals surface area contributed by atoms with Crippen molar-refractivity contribution in [3.63, 3.8) is 0 Å². The van der Waals surface area contributed by atoms with Gasteiger partial charge in [-0.05, 0) is 16.3 Å². The summed E-state index contributed by atoms with van der Waals surface area (Å²) >= 11 is 0. The molecule has 6 nitrogen and oxygen atoms in total. The Morgan fingerprint density at radius 1 is 1.15 bits per heavy atom. The van der Waals surface area contributed by atoms with Crippen LogP contribution in [0.15, 0.2) is 59.3 Å². The number of hydrogen-bond acceptors (Lipinski definition) is 4. The predicted molar refractivity (Wildman–Crippen MR) is 98.2 cm³/mol. The highest BCUT2D eigenvalue weighted by molar-refractivity contribution is 6.15. The van der Waals surface area contributed by atoms with Gasteiger partial charge in [0, 0.05) is 6.08 Å². The number of nitrogens with zero attached hydrogens (tertiary/aromatic N) is 3. The monoisotopic (exact) mass is 348 g/mol. The zero-order valence-corrected chi connectivity index (χ0v) is 14.5. The lowest BCUT2D eigenvalue weighted by atomic mass is 9.98. The van der Waals surface area contributed by atoms with E-state index in [9.17, 15) is 9.59 Å². The van der Waals surface area contributed by atoms with Gasteiger partial charge in [-0.25, -0.2) is 4.79 Å². The fraction of sp³-hybridized carbons (Fsp3) is 0.200. The number of aliphatic imine (C=N–C) groups is 1. The zero-order chi connectivity index (χ0) is 18.3. The van der Waals surface area contributed by atoms with Crippen LogP contribution in [0.25, 0.3) is 10.8 Å². The molecule has 3 amide bonds. The molecule has 2 aromatic carbocycles. The van der Waals surface area contributed by atoms with Crippen LogP contribution in [0.3, 0.4) is 0 Å². The summed E-state index contributed by atoms with van der Waals surface area (Å²) in [5.74, 6) is -0.126. The molecule has 0 radical (unpaired) electrons. The smallest absolute Gasteiger partial charge is 0.445 e. The summed E-state index contributed by atoms with van der Waals surface area (Å²) in [6.07, 6.45) is 3.20. The van der Waals surface area contributed by atoms with Gasteiger partial charge in [-0.2, -0.15) is 9.48 Å². The van der Waals surface area contributed by atoms with Crippen LogP contribution >= 0.6 is 0 Å². The van der Waals surface area contributed by atoms with Gasteiger partial charge in [-0.3, -0.25) is 4.79 Å². The van der Waals surface area contributed by atoms with Gasteiger partial charge in [0.25, 0.3) is 5.84 Å². The minimum Gasteiger partial charge on any atom is -0.499 e. The van der Waals surface area contributed by atoms with E-state index in [1.165, 1.54) is 16.6 Å². The Bertz CT molecular complexity index is 1010. The third kappa shape index (κ3) is 2.42. The number of carbonyl (C=O) groups excluding carboxylic acids is 2. The summed E-state index contributed by atoms with van der Waals surface area (Å²) in [5, 5.41) is 2.10. The Hall–Kier alpha value is -3.28. The third-order valence-corrected chi connectivity index (χ3v) is 4.81. The summed E-state index contributed by atoms with van der Waals surface area (Å²) < 4.78 is 6.76. The van der Waals surface area contributed by atoms with Gasteiger partial charge in [0.05, 0.1) is 14.2 Å². The van der Waals surface area contributed by atoms with Gasteiger partial charge in [-0.15, -0.1) is 4.99 Å². The SMILES string of the molecule is COC1=CC=NC2=[N+](C)C(=O)N(Cc3cccc4ccccc34)C(=O)C12. The van der Waals surface area contributed by atoms with E-state index in [2.05, 4.69) is 4.99 Å². The van der Waals surface area contributed by atoms with Crippen LogP contribution in [0, 0.1) is 5.92 Å². The maximum Gasteiger partial charge on any atom is 0.445 e. The molecule has 2 aromatic rings. The molecule has 130 valence electrons. The van der Waals surface area contributed by atoms with Gasteiger partial charge < -0.3 is 4.74 Å². The molecule has 1 atom stereocenters. The number of ether oxygens (including phenoxy) is 1. The van der Waals surface area contributed by atoms with Crippen molar-refractivity contribution in [3.05, 3.63) is 59.9 Å². The Kier molecular flexibility index (Phi) is 3.88. The second-order valence-electron chi connectivity index (χ2n) is 6.25. The quantitative estimate of drug-likeness (QED) is 0.801. The minimum absolute atomic E-state index is 0.202. The van der Waals surface area contributed by atoms with Crippen molar-refractivity contribution in [2.45, 2.75) is 6.54 Å². The van der Waals surface area contributed by atoms with E-state index in [0.29, 0.717) is 11.6 Å². The number of benzene rings is 2. The first-order valence-electron chi connectivity index (χ1n) is 8.32. The van der Waals surface area contributed by atoms with E-state index in [1.807, 2.05) is 42.5 Å². The molecule has 2 aliphatic rings. The standard InChI is InChI=1S/C20H18N3O3/c1-22-18-17(16(26-2)10-11-21-18)19(24)23(20(22)25)12-14-8-5-7-13-6-3-4-9-15(13)14/h3-11,17H,12H2,1-2H3/q+1. The highest BCUT2D eigenvalue weighted by atomic mass is 16.5. The Balaban J connectivity index is 1.77. The number of dihydropyridines is 1. The molecule has 0 fully saturated rings. The number of amides is 3. The molecule has 2 aliphatic heterocycles. The second-order valence-corrected chi connectivity index (χ2v) is 6.25. The molecular weight excluding hydrogens is 330 g/mol. The summed E-state index contributed by atoms with van der Waals surface area (Å²) in [7, 11) is 3.14. The van der Waals surface area contributed by atoms with Crippen molar-refractivity contribution in [2.75, 3.05) is 14.2 Å². The molecule has 0 N–H and O–H groups in total. The van der Waals surface area contributed by atoms with Crippen molar-refractivity contribution < 1.29 is 18.9 Å². The molecule has 0 saturated carbocycles. The van der Waals surface area contributed by atoms with Crippen LogP contribution < -0.4 is 0 Å². The Morgan fingerprint density at radius 3 is 2.73 bits per heavy atom. The molecule has 1 unspecified atom stereocenters. The molecule has 4 rings (SSSR count). The van der Waals surface area contributed by atoms with Crippen LogP contribution in [0.4, 0.5) is 4.79 Å². The molecule has 0 bridgehead atoms. The first-order chi connectivity index (χ1) is 12.6. The van der Waals surface area contributed by atoms with Crippen LogP contribution in [-0.4, -0.2) is 47.6 Å². The third-order valence-electron chi connectivity index (χ3n) is 4.81. The van der Waals surface area contributed by atoms with Crippen LogP contribution in [0.1, 0.15) is 5.56 Å². The van der Waals surface area contributed by atoms with Crippen LogP contribution in [0.5, 0.6) is 0 Å². The van der Waals surface area contributed by atoms with Crippen LogP contribution in [-0.2, 0) is 16.1 Å². The minimum atomic E-state index is -0.692. The largest absolute Gasteiger partial charge is 0.499 e. The summed E-state index contributed by atoms with van der Waals surface area (Å²) in [6, 6.07) is 13.4. The summed E-state index contributed by atoms with van der Waals surface area (Å²) in [6.45, 7) is 0.202. The van der Waals surface area contributed by atoms with Gasteiger partial charge in [0.1, 0.15) is 18.5 Å². The topological polar surface area (TPSA) is 62.0 Å². The van der Waals surface area contributed by atoms with E-state index in [1.54, 1.807) is 19.3 Å². The maximum absolute atomic E-state index is 13.1. The zero-order valence-electron chi connectivity index (χ0n) is 14.5. The number of amidine groups is 1. The number of rotatable bonds is 3. The molecule has 6 heteroatoms. The Labute approximate surface area is 150 Å². The van der Waals surface area contributed by atoms with Gasteiger partial charge in [-0.1, -0.05) is 42.5 Å². The number of carbonyl (C=O) groups is 2. The molecule has 26 heavy (non-hydrogen) atoms. The molecule has 0 saturated heterocycles. The second kappa shape index (κ2) is 6.22. The number of fused-ring (bicyclic) bond motifs is 2. The number of hydrogen-bond donors (Lipinski definition) is 0. The van der Waals surface area contributed by atoms with E-state index < -0.39 is 5.92 Å². The van der Waals surface area contributed by atoms with E-state index in [-0.39, 0.29) is 18.5 Å². The highest BCUT2D eigenvalue weighted by Gasteiger charge is 2.49. The lowest BCUT2D eigenvalue weighted by molar-refractivity contribution is -0.409. The average Bonchev–Trinajstić information content (AvgIpc) is 2.69. The fourth-order valence-electron chi connectivity index (χ4n) is 3.46. The fourth-order valence-corrected chi connectivity index (χ4v) is 3.46. The van der Waals surface area contributed by atoms with Gasteiger partial charge in [0.2, 0.25) is 0 Å². The van der Waals surface area contributed by atoms with Crippen molar-refractivity contribution in [1.82, 2.24) is 4.90 Å². The normalized spacial score (nSPS) is 19.7. The summed E-state index contributed by atoms with van der Waals surface area (Å²) in [4.78, 5) is 31.4. The predicted octanol–water partition coefficient (Wildman–Crippen LogP) is 2.57. The van der Waals surface area contributed by atoms with Crippen LogP contribution in [0.2, 0.25) is 0 Å². The van der Waals surface area contributed by atoms with E-state index >= 15 is 0 Å². The van der Waals surface area contributed by atoms with Crippen molar-refractivity contribution in [2.24, 2.45) is 10.9 Å². The molecular formula is C20H18N3O3+.